The molecule has 4 atom stereocenters. The minimum atomic E-state index is -1.39. The third-order valence-corrected chi connectivity index (χ3v) is 5.90. The number of nitrogens with zero attached hydrogens (tertiary/aromatic N) is 1. The van der Waals surface area contributed by atoms with E-state index in [1.165, 1.54) is 11.4 Å². The third-order valence-electron chi connectivity index (χ3n) is 5.90. The molecule has 2 heterocycles. The summed E-state index contributed by atoms with van der Waals surface area (Å²) in [7, 11) is 0. The van der Waals surface area contributed by atoms with Crippen molar-refractivity contribution in [1.29, 1.82) is 0 Å². The molecule has 2 aliphatic heterocycles. The summed E-state index contributed by atoms with van der Waals surface area (Å²) in [6, 6.07) is 9.85. The summed E-state index contributed by atoms with van der Waals surface area (Å²) in [5, 5.41) is 23.4. The molecule has 2 aromatic carbocycles. The molecular weight excluding hydrogens is 360 g/mol. The van der Waals surface area contributed by atoms with Crippen LogP contribution in [-0.2, 0) is 14.4 Å². The fourth-order valence-electron chi connectivity index (χ4n) is 4.34. The van der Waals surface area contributed by atoms with Crippen LogP contribution < -0.4 is 15.3 Å². The van der Waals surface area contributed by atoms with Gasteiger partial charge in [0.15, 0.2) is 0 Å². The SMILES string of the molecule is Cc1ccc(N2C(=O)[C@@H]3[C@@H](C2=O)[C@H](c2ccccc2O)[NH2+][C@@H]3C(=O)[O-])cc1C. The number of hydrogen-bond donors (Lipinski definition) is 2. The van der Waals surface area contributed by atoms with Crippen LogP contribution in [0, 0.1) is 25.7 Å². The maximum absolute atomic E-state index is 13.2. The average molecular weight is 380 g/mol. The Hall–Kier alpha value is -3.19. The number of amides is 2. The summed E-state index contributed by atoms with van der Waals surface area (Å²) in [6.07, 6.45) is 0. The number of benzene rings is 2. The topological polar surface area (TPSA) is 114 Å². The number of carbonyl (C=O) groups is 3. The first-order valence-electron chi connectivity index (χ1n) is 9.10. The largest absolute Gasteiger partial charge is 0.544 e. The first-order valence-corrected chi connectivity index (χ1v) is 9.10. The van der Waals surface area contributed by atoms with Crippen molar-refractivity contribution in [3.63, 3.8) is 0 Å². The monoisotopic (exact) mass is 380 g/mol. The van der Waals surface area contributed by atoms with Crippen LogP contribution in [0.25, 0.3) is 0 Å². The molecule has 0 saturated carbocycles. The van der Waals surface area contributed by atoms with Crippen LogP contribution in [0.5, 0.6) is 5.75 Å². The number of carbonyl (C=O) groups excluding carboxylic acids is 3. The van der Waals surface area contributed by atoms with Gasteiger partial charge < -0.3 is 20.3 Å². The van der Waals surface area contributed by atoms with E-state index >= 15 is 0 Å². The zero-order chi connectivity index (χ0) is 20.2. The zero-order valence-corrected chi connectivity index (χ0v) is 15.5. The molecular formula is C21H20N2O5. The second-order valence-electron chi connectivity index (χ2n) is 7.45. The van der Waals surface area contributed by atoms with Crippen molar-refractivity contribution in [3.8, 4) is 5.75 Å². The highest BCUT2D eigenvalue weighted by atomic mass is 16.4. The number of aryl methyl sites for hydroxylation is 2. The van der Waals surface area contributed by atoms with Gasteiger partial charge in [0.25, 0.3) is 0 Å². The van der Waals surface area contributed by atoms with Crippen LogP contribution in [0.2, 0.25) is 0 Å². The molecule has 0 spiro atoms. The van der Waals surface area contributed by atoms with E-state index in [9.17, 15) is 24.6 Å². The number of quaternary nitrogens is 1. The number of rotatable bonds is 3. The highest BCUT2D eigenvalue weighted by Gasteiger charge is 2.63. The molecule has 0 bridgehead atoms. The van der Waals surface area contributed by atoms with Crippen LogP contribution in [0.1, 0.15) is 22.7 Å². The van der Waals surface area contributed by atoms with E-state index in [0.29, 0.717) is 11.3 Å². The second kappa shape index (κ2) is 6.45. The Morgan fingerprint density at radius 2 is 1.71 bits per heavy atom. The van der Waals surface area contributed by atoms with Gasteiger partial charge >= 0.3 is 0 Å². The van der Waals surface area contributed by atoms with Gasteiger partial charge in [-0.25, -0.2) is 4.90 Å². The predicted octanol–water partition coefficient (Wildman–Crippen LogP) is -0.449. The van der Waals surface area contributed by atoms with Gasteiger partial charge in [-0.3, -0.25) is 9.59 Å². The molecule has 2 aliphatic rings. The number of nitrogens with two attached hydrogens (primary N) is 1. The molecule has 0 aromatic heterocycles. The van der Waals surface area contributed by atoms with E-state index in [4.69, 9.17) is 0 Å². The fourth-order valence-corrected chi connectivity index (χ4v) is 4.34. The Balaban J connectivity index is 1.80. The van der Waals surface area contributed by atoms with Gasteiger partial charge in [0.05, 0.1) is 11.3 Å². The summed E-state index contributed by atoms with van der Waals surface area (Å²) >= 11 is 0. The lowest BCUT2D eigenvalue weighted by atomic mass is 9.86. The summed E-state index contributed by atoms with van der Waals surface area (Å²) in [6.45, 7) is 3.81. The number of aliphatic carboxylic acids is 1. The molecule has 28 heavy (non-hydrogen) atoms. The van der Waals surface area contributed by atoms with E-state index in [1.807, 2.05) is 19.9 Å². The molecule has 144 valence electrons. The third kappa shape index (κ3) is 2.58. The van der Waals surface area contributed by atoms with Crippen LogP contribution >= 0.6 is 0 Å². The van der Waals surface area contributed by atoms with Crippen LogP contribution in [0.3, 0.4) is 0 Å². The number of hydrogen-bond acceptors (Lipinski definition) is 5. The highest BCUT2D eigenvalue weighted by Crippen LogP contribution is 2.43. The van der Waals surface area contributed by atoms with Gasteiger partial charge in [-0.05, 0) is 49.2 Å². The molecule has 2 amide bonds. The van der Waals surface area contributed by atoms with Crippen molar-refractivity contribution in [2.24, 2.45) is 11.8 Å². The molecule has 0 radical (unpaired) electrons. The smallest absolute Gasteiger partial charge is 0.244 e. The van der Waals surface area contributed by atoms with E-state index in [1.54, 1.807) is 30.3 Å². The number of imide groups is 1. The summed E-state index contributed by atoms with van der Waals surface area (Å²) in [5.74, 6) is -4.34. The maximum atomic E-state index is 13.2. The van der Waals surface area contributed by atoms with Crippen molar-refractivity contribution < 1.29 is 29.9 Å². The van der Waals surface area contributed by atoms with Crippen LogP contribution in [0.4, 0.5) is 5.69 Å². The Morgan fingerprint density at radius 3 is 2.36 bits per heavy atom. The fraction of sp³-hybridized carbons (Fsp3) is 0.286. The summed E-state index contributed by atoms with van der Waals surface area (Å²) in [5.41, 5.74) is 2.82. The van der Waals surface area contributed by atoms with E-state index in [-0.39, 0.29) is 5.75 Å². The van der Waals surface area contributed by atoms with Crippen molar-refractivity contribution >= 4 is 23.5 Å². The Bertz CT molecular complexity index is 1000. The number of phenolic OH excluding ortho intramolecular Hbond substituents is 1. The molecule has 2 fully saturated rings. The van der Waals surface area contributed by atoms with Gasteiger partial charge in [0, 0.05) is 0 Å². The van der Waals surface area contributed by atoms with Gasteiger partial charge in [-0.1, -0.05) is 18.2 Å². The Morgan fingerprint density at radius 1 is 1.04 bits per heavy atom. The van der Waals surface area contributed by atoms with Crippen molar-refractivity contribution in [2.75, 3.05) is 4.90 Å². The summed E-state index contributed by atoms with van der Waals surface area (Å²) in [4.78, 5) is 39.1. The second-order valence-corrected chi connectivity index (χ2v) is 7.45. The number of carboxylic acid groups (broad SMARTS) is 1. The number of para-hydroxylation sites is 1. The Kier molecular flexibility index (Phi) is 4.19. The van der Waals surface area contributed by atoms with E-state index in [0.717, 1.165) is 16.0 Å². The van der Waals surface area contributed by atoms with Crippen molar-refractivity contribution in [2.45, 2.75) is 25.9 Å². The lowest BCUT2D eigenvalue weighted by molar-refractivity contribution is -0.705. The molecule has 2 aromatic rings. The highest BCUT2D eigenvalue weighted by molar-refractivity contribution is 6.23. The molecule has 7 heteroatoms. The quantitative estimate of drug-likeness (QED) is 0.700. The molecule has 3 N–H and O–H groups in total. The molecule has 2 saturated heterocycles. The predicted molar refractivity (Wildman–Crippen MR) is 97.0 cm³/mol. The normalized spacial score (nSPS) is 26.6. The molecule has 0 unspecified atom stereocenters. The van der Waals surface area contributed by atoms with Crippen molar-refractivity contribution in [1.82, 2.24) is 0 Å². The number of aromatic hydroxyl groups is 1. The summed E-state index contributed by atoms with van der Waals surface area (Å²) < 4.78 is 0. The standard InChI is InChI=1S/C21H20N2O5/c1-10-7-8-12(9-11(10)2)23-19(25)15-16(20(23)26)18(21(27)28)22-17(15)13-5-3-4-6-14(13)24/h3-9,15-18,22,24H,1-2H3,(H,27,28)/t15-,16-,17+,18+/m1/s1. The lowest BCUT2D eigenvalue weighted by Gasteiger charge is -2.22. The minimum absolute atomic E-state index is 0.0358. The number of fused-ring (bicyclic) bond motifs is 1. The first-order chi connectivity index (χ1) is 13.3. The number of anilines is 1. The Labute approximate surface area is 161 Å². The minimum Gasteiger partial charge on any atom is -0.544 e. The molecule has 0 aliphatic carbocycles. The van der Waals surface area contributed by atoms with Gasteiger partial charge in [-0.2, -0.15) is 0 Å². The zero-order valence-electron chi connectivity index (χ0n) is 15.5. The first kappa shape index (κ1) is 18.2. The van der Waals surface area contributed by atoms with Gasteiger partial charge in [0.2, 0.25) is 11.8 Å². The lowest BCUT2D eigenvalue weighted by Crippen LogP contribution is -2.92. The van der Waals surface area contributed by atoms with Crippen LogP contribution in [-0.4, -0.2) is 28.9 Å². The van der Waals surface area contributed by atoms with E-state index in [2.05, 4.69) is 0 Å². The average Bonchev–Trinajstić information content (AvgIpc) is 3.16. The van der Waals surface area contributed by atoms with Crippen molar-refractivity contribution in [3.05, 3.63) is 59.2 Å². The maximum Gasteiger partial charge on any atom is 0.244 e. The molecule has 7 nitrogen and oxygen atoms in total. The molecule has 4 rings (SSSR count). The van der Waals surface area contributed by atoms with E-state index < -0.39 is 41.7 Å². The van der Waals surface area contributed by atoms with Gasteiger partial charge in [-0.15, -0.1) is 0 Å². The van der Waals surface area contributed by atoms with Gasteiger partial charge in [0.1, 0.15) is 35.6 Å². The number of carboxylic acids is 1. The number of phenols is 1. The van der Waals surface area contributed by atoms with Crippen LogP contribution in [0.15, 0.2) is 42.5 Å².